The molecule has 1 unspecified atom stereocenters. The largest absolute Gasteiger partial charge is 0.494 e. The number of hydrogen-bond donors (Lipinski definition) is 2. The van der Waals surface area contributed by atoms with E-state index in [1.165, 1.54) is 0 Å². The molecule has 0 aliphatic carbocycles. The number of carboxylic acids is 1. The van der Waals surface area contributed by atoms with E-state index in [0.717, 1.165) is 18.6 Å². The van der Waals surface area contributed by atoms with Gasteiger partial charge >= 0.3 is 5.97 Å². The van der Waals surface area contributed by atoms with Crippen LogP contribution >= 0.6 is 0 Å². The Morgan fingerprint density at radius 3 is 2.63 bits per heavy atom. The molecule has 0 aliphatic rings. The third kappa shape index (κ3) is 6.82. The van der Waals surface area contributed by atoms with E-state index in [4.69, 9.17) is 15.6 Å². The van der Waals surface area contributed by atoms with E-state index >= 15 is 0 Å². The predicted molar refractivity (Wildman–Crippen MR) is 75.1 cm³/mol. The number of benzene rings is 1. The van der Waals surface area contributed by atoms with E-state index in [-0.39, 0.29) is 12.3 Å². The molecule has 0 saturated heterocycles. The lowest BCUT2D eigenvalue weighted by atomic mass is 9.91. The maximum absolute atomic E-state index is 10.7. The van der Waals surface area contributed by atoms with E-state index in [0.29, 0.717) is 19.1 Å². The molecular formula is C15H23NO3. The van der Waals surface area contributed by atoms with E-state index in [1.807, 2.05) is 30.3 Å². The Morgan fingerprint density at radius 2 is 2.05 bits per heavy atom. The molecular weight excluding hydrogens is 242 g/mol. The summed E-state index contributed by atoms with van der Waals surface area (Å²) in [5, 5.41) is 8.77. The summed E-state index contributed by atoms with van der Waals surface area (Å²) in [5.74, 6) is 0.569. The second kappa shape index (κ2) is 8.53. The van der Waals surface area contributed by atoms with Crippen molar-refractivity contribution in [1.82, 2.24) is 0 Å². The molecule has 1 rings (SSSR count). The highest BCUT2D eigenvalue weighted by molar-refractivity contribution is 5.67. The fourth-order valence-electron chi connectivity index (χ4n) is 2.09. The minimum Gasteiger partial charge on any atom is -0.494 e. The molecule has 2 atom stereocenters. The molecule has 0 spiro atoms. The minimum absolute atomic E-state index is 0.0595. The maximum Gasteiger partial charge on any atom is 0.303 e. The van der Waals surface area contributed by atoms with Gasteiger partial charge in [-0.1, -0.05) is 25.1 Å². The van der Waals surface area contributed by atoms with Crippen molar-refractivity contribution in [2.45, 2.75) is 26.2 Å². The number of carboxylic acid groups (broad SMARTS) is 1. The van der Waals surface area contributed by atoms with Crippen LogP contribution in [-0.4, -0.2) is 24.2 Å². The SMILES string of the molecule is CC(CCOc1ccccc1)C[C@H](CN)CC(=O)O. The molecule has 0 heterocycles. The Morgan fingerprint density at radius 1 is 1.37 bits per heavy atom. The van der Waals surface area contributed by atoms with Crippen LogP contribution < -0.4 is 10.5 Å². The molecule has 3 N–H and O–H groups in total. The average Bonchev–Trinajstić information content (AvgIpc) is 2.38. The number of rotatable bonds is 9. The molecule has 4 nitrogen and oxygen atoms in total. The number of para-hydroxylation sites is 1. The van der Waals surface area contributed by atoms with E-state index in [2.05, 4.69) is 6.92 Å². The Kier molecular flexibility index (Phi) is 6.97. The number of carbonyl (C=O) groups is 1. The van der Waals surface area contributed by atoms with Crippen LogP contribution in [0.5, 0.6) is 5.75 Å². The zero-order valence-corrected chi connectivity index (χ0v) is 11.4. The van der Waals surface area contributed by atoms with E-state index in [9.17, 15) is 4.79 Å². The molecule has 19 heavy (non-hydrogen) atoms. The first-order chi connectivity index (χ1) is 9.11. The lowest BCUT2D eigenvalue weighted by Gasteiger charge is -2.18. The molecule has 0 saturated carbocycles. The summed E-state index contributed by atoms with van der Waals surface area (Å²) in [6, 6.07) is 9.69. The summed E-state index contributed by atoms with van der Waals surface area (Å²) in [5.41, 5.74) is 5.59. The van der Waals surface area contributed by atoms with Gasteiger partial charge in [0.1, 0.15) is 5.75 Å². The molecule has 106 valence electrons. The lowest BCUT2D eigenvalue weighted by Crippen LogP contribution is -2.21. The summed E-state index contributed by atoms with van der Waals surface area (Å²) < 4.78 is 5.63. The third-order valence-electron chi connectivity index (χ3n) is 3.15. The quantitative estimate of drug-likeness (QED) is 0.719. The highest BCUT2D eigenvalue weighted by Gasteiger charge is 2.15. The van der Waals surface area contributed by atoms with Crippen LogP contribution in [0.4, 0.5) is 0 Å². The van der Waals surface area contributed by atoms with Gasteiger partial charge in [0, 0.05) is 6.42 Å². The summed E-state index contributed by atoms with van der Waals surface area (Å²) in [7, 11) is 0. The van der Waals surface area contributed by atoms with Gasteiger partial charge in [0.05, 0.1) is 6.61 Å². The van der Waals surface area contributed by atoms with Crippen molar-refractivity contribution in [3.05, 3.63) is 30.3 Å². The second-order valence-corrected chi connectivity index (χ2v) is 4.99. The zero-order chi connectivity index (χ0) is 14.1. The van der Waals surface area contributed by atoms with Crippen LogP contribution in [0.25, 0.3) is 0 Å². The Hall–Kier alpha value is -1.55. The fourth-order valence-corrected chi connectivity index (χ4v) is 2.09. The van der Waals surface area contributed by atoms with Crippen LogP contribution in [0.2, 0.25) is 0 Å². The first kappa shape index (κ1) is 15.5. The Balaban J connectivity index is 2.23. The zero-order valence-electron chi connectivity index (χ0n) is 11.4. The van der Waals surface area contributed by atoms with Crippen LogP contribution in [-0.2, 0) is 4.79 Å². The topological polar surface area (TPSA) is 72.5 Å². The first-order valence-electron chi connectivity index (χ1n) is 6.71. The van der Waals surface area contributed by atoms with Gasteiger partial charge in [-0.15, -0.1) is 0 Å². The second-order valence-electron chi connectivity index (χ2n) is 4.99. The van der Waals surface area contributed by atoms with Gasteiger partial charge in [0.2, 0.25) is 0 Å². The third-order valence-corrected chi connectivity index (χ3v) is 3.15. The molecule has 0 amide bonds. The molecule has 0 aromatic heterocycles. The number of hydrogen-bond acceptors (Lipinski definition) is 3. The highest BCUT2D eigenvalue weighted by atomic mass is 16.5. The van der Waals surface area contributed by atoms with Gasteiger partial charge in [-0.25, -0.2) is 0 Å². The molecule has 0 fully saturated rings. The monoisotopic (exact) mass is 265 g/mol. The highest BCUT2D eigenvalue weighted by Crippen LogP contribution is 2.18. The van der Waals surface area contributed by atoms with Crippen molar-refractivity contribution in [3.8, 4) is 5.75 Å². The summed E-state index contributed by atoms with van der Waals surface area (Å²) in [6.07, 6.45) is 1.90. The summed E-state index contributed by atoms with van der Waals surface area (Å²) >= 11 is 0. The summed E-state index contributed by atoms with van der Waals surface area (Å²) in [4.78, 5) is 10.7. The minimum atomic E-state index is -0.775. The standard InChI is InChI=1S/C15H23NO3/c1-12(9-13(11-16)10-15(17)18)7-8-19-14-5-3-2-4-6-14/h2-6,12-13H,7-11,16H2,1H3,(H,17,18)/t12?,13-/m0/s1. The summed E-state index contributed by atoms with van der Waals surface area (Å²) in [6.45, 7) is 3.19. The van der Waals surface area contributed by atoms with Crippen molar-refractivity contribution < 1.29 is 14.6 Å². The van der Waals surface area contributed by atoms with Gasteiger partial charge in [0.15, 0.2) is 0 Å². The molecule has 0 aliphatic heterocycles. The Labute approximate surface area is 114 Å². The van der Waals surface area contributed by atoms with Gasteiger partial charge in [-0.05, 0) is 43.4 Å². The molecule has 1 aromatic carbocycles. The average molecular weight is 265 g/mol. The number of ether oxygens (including phenoxy) is 1. The van der Waals surface area contributed by atoms with Crippen LogP contribution in [0.1, 0.15) is 26.2 Å². The normalized spacial score (nSPS) is 13.8. The van der Waals surface area contributed by atoms with Crippen molar-refractivity contribution >= 4 is 5.97 Å². The fraction of sp³-hybridized carbons (Fsp3) is 0.533. The van der Waals surface area contributed by atoms with Crippen molar-refractivity contribution in [2.75, 3.05) is 13.2 Å². The molecule has 0 radical (unpaired) electrons. The van der Waals surface area contributed by atoms with E-state index < -0.39 is 5.97 Å². The molecule has 0 bridgehead atoms. The number of nitrogens with two attached hydrogens (primary N) is 1. The van der Waals surface area contributed by atoms with Gasteiger partial charge in [-0.3, -0.25) is 4.79 Å². The Bertz CT molecular complexity index is 367. The van der Waals surface area contributed by atoms with E-state index in [1.54, 1.807) is 0 Å². The van der Waals surface area contributed by atoms with Gasteiger partial charge in [-0.2, -0.15) is 0 Å². The van der Waals surface area contributed by atoms with Crippen molar-refractivity contribution in [1.29, 1.82) is 0 Å². The van der Waals surface area contributed by atoms with Gasteiger partial charge in [0.25, 0.3) is 0 Å². The molecule has 1 aromatic rings. The maximum atomic E-state index is 10.7. The first-order valence-corrected chi connectivity index (χ1v) is 6.71. The van der Waals surface area contributed by atoms with Crippen LogP contribution in [0.15, 0.2) is 30.3 Å². The van der Waals surface area contributed by atoms with Crippen LogP contribution in [0, 0.1) is 11.8 Å². The van der Waals surface area contributed by atoms with Crippen molar-refractivity contribution in [3.63, 3.8) is 0 Å². The smallest absolute Gasteiger partial charge is 0.303 e. The van der Waals surface area contributed by atoms with Crippen molar-refractivity contribution in [2.24, 2.45) is 17.6 Å². The predicted octanol–water partition coefficient (Wildman–Crippen LogP) is 2.53. The van der Waals surface area contributed by atoms with Crippen LogP contribution in [0.3, 0.4) is 0 Å². The lowest BCUT2D eigenvalue weighted by molar-refractivity contribution is -0.138. The molecule has 4 heteroatoms. The van der Waals surface area contributed by atoms with Gasteiger partial charge < -0.3 is 15.6 Å². The number of aliphatic carboxylic acids is 1.